The van der Waals surface area contributed by atoms with Crippen molar-refractivity contribution < 1.29 is 8.42 Å². The zero-order chi connectivity index (χ0) is 9.19. The lowest BCUT2D eigenvalue weighted by Gasteiger charge is -2.23. The largest absolute Gasteiger partial charge is 0.315 e. The smallest absolute Gasteiger partial charge is 0.212 e. The van der Waals surface area contributed by atoms with Gasteiger partial charge in [0, 0.05) is 6.54 Å². The normalized spacial score (nSPS) is 28.3. The summed E-state index contributed by atoms with van der Waals surface area (Å²) >= 11 is 0. The van der Waals surface area contributed by atoms with Crippen molar-refractivity contribution in [1.29, 1.82) is 0 Å². The maximum Gasteiger partial charge on any atom is 0.212 e. The van der Waals surface area contributed by atoms with Crippen LogP contribution in [-0.2, 0) is 10.0 Å². The lowest BCUT2D eigenvalue weighted by molar-refractivity contribution is 0.332. The van der Waals surface area contributed by atoms with Crippen LogP contribution in [0.1, 0.15) is 25.7 Å². The fourth-order valence-electron chi connectivity index (χ4n) is 1.52. The highest BCUT2D eigenvalue weighted by Gasteiger charge is 2.24. The van der Waals surface area contributed by atoms with E-state index in [9.17, 15) is 8.42 Å². The average molecular weight is 192 g/mol. The molecule has 0 aromatic carbocycles. The second-order valence-corrected chi connectivity index (χ2v) is 5.23. The van der Waals surface area contributed by atoms with Crippen molar-refractivity contribution in [1.82, 2.24) is 4.31 Å². The molecule has 0 spiro atoms. The fraction of sp³-hybridized carbons (Fsp3) is 1.00. The first-order valence-corrected chi connectivity index (χ1v) is 6.09. The van der Waals surface area contributed by atoms with E-state index >= 15 is 0 Å². The Labute approximate surface area is 73.8 Å². The Balaban J connectivity index is 2.72. The molecule has 1 aliphatic heterocycles. The Hall–Kier alpha value is -0.130. The minimum absolute atomic E-state index is 0.303. The Morgan fingerprint density at radius 2 is 2.00 bits per heavy atom. The molecule has 0 aromatic rings. The number of sulfonamides is 1. The van der Waals surface area contributed by atoms with Crippen LogP contribution in [0.25, 0.3) is 0 Å². The van der Waals surface area contributed by atoms with Crippen LogP contribution in [-0.4, -0.2) is 31.7 Å². The minimum Gasteiger partial charge on any atom is -0.315 e. The highest BCUT2D eigenvalue weighted by molar-refractivity contribution is 7.88. The molecular weight excluding hydrogens is 176 g/mol. The van der Waals surface area contributed by atoms with Crippen LogP contribution in [0.15, 0.2) is 0 Å². The fourth-order valence-corrected chi connectivity index (χ4v) is 2.58. The lowest BCUT2D eigenvalue weighted by Crippen LogP contribution is -2.44. The summed E-state index contributed by atoms with van der Waals surface area (Å²) in [7, 11) is -3.09. The maximum absolute atomic E-state index is 11.2. The summed E-state index contributed by atoms with van der Waals surface area (Å²) in [6, 6.07) is 0. The summed E-state index contributed by atoms with van der Waals surface area (Å²) in [5.74, 6) is 0. The molecule has 0 bridgehead atoms. The van der Waals surface area contributed by atoms with Crippen LogP contribution in [0.5, 0.6) is 0 Å². The lowest BCUT2D eigenvalue weighted by atomic mass is 10.2. The van der Waals surface area contributed by atoms with E-state index in [4.69, 9.17) is 5.73 Å². The zero-order valence-corrected chi connectivity index (χ0v) is 8.18. The summed E-state index contributed by atoms with van der Waals surface area (Å²) in [5.41, 5.74) is 5.71. The van der Waals surface area contributed by atoms with Crippen LogP contribution >= 0.6 is 0 Å². The Morgan fingerprint density at radius 1 is 1.33 bits per heavy atom. The van der Waals surface area contributed by atoms with Gasteiger partial charge >= 0.3 is 0 Å². The highest BCUT2D eigenvalue weighted by Crippen LogP contribution is 2.15. The Kier molecular flexibility index (Phi) is 3.09. The van der Waals surface area contributed by atoms with Crippen LogP contribution in [0.3, 0.4) is 0 Å². The third-order valence-corrected chi connectivity index (χ3v) is 3.48. The van der Waals surface area contributed by atoms with Gasteiger partial charge in [-0.25, -0.2) is 8.42 Å². The van der Waals surface area contributed by atoms with E-state index in [1.807, 2.05) is 0 Å². The Bertz CT molecular complexity index is 238. The highest BCUT2D eigenvalue weighted by atomic mass is 32.2. The first-order chi connectivity index (χ1) is 5.52. The molecule has 72 valence electrons. The van der Waals surface area contributed by atoms with Crippen molar-refractivity contribution in [3.05, 3.63) is 0 Å². The molecule has 5 heteroatoms. The van der Waals surface area contributed by atoms with Crippen LogP contribution in [0.4, 0.5) is 0 Å². The molecule has 1 heterocycles. The van der Waals surface area contributed by atoms with E-state index in [0.717, 1.165) is 25.7 Å². The summed E-state index contributed by atoms with van der Waals surface area (Å²) in [6.07, 6.45) is 4.75. The molecule has 12 heavy (non-hydrogen) atoms. The summed E-state index contributed by atoms with van der Waals surface area (Å²) in [4.78, 5) is 0. The predicted molar refractivity (Wildman–Crippen MR) is 48.0 cm³/mol. The van der Waals surface area contributed by atoms with Crippen LogP contribution in [0, 0.1) is 0 Å². The summed E-state index contributed by atoms with van der Waals surface area (Å²) in [5, 5.41) is 0. The number of nitrogens with two attached hydrogens (primary N) is 1. The quantitative estimate of drug-likeness (QED) is 0.641. The molecule has 1 unspecified atom stereocenters. The monoisotopic (exact) mass is 192 g/mol. The van der Waals surface area contributed by atoms with Gasteiger partial charge in [-0.05, 0) is 12.8 Å². The van der Waals surface area contributed by atoms with E-state index in [0.29, 0.717) is 6.54 Å². The third kappa shape index (κ3) is 2.43. The zero-order valence-electron chi connectivity index (χ0n) is 7.36. The third-order valence-electron chi connectivity index (χ3n) is 2.17. The average Bonchev–Trinajstić information content (AvgIpc) is 2.11. The number of rotatable bonds is 1. The molecule has 1 saturated heterocycles. The minimum atomic E-state index is -3.09. The molecule has 1 atom stereocenters. The van der Waals surface area contributed by atoms with Gasteiger partial charge in [0.05, 0.1) is 12.4 Å². The van der Waals surface area contributed by atoms with Gasteiger partial charge in [0.1, 0.15) is 0 Å². The van der Waals surface area contributed by atoms with Crippen molar-refractivity contribution in [3.63, 3.8) is 0 Å². The molecule has 0 aromatic heterocycles. The Morgan fingerprint density at radius 3 is 2.58 bits per heavy atom. The van der Waals surface area contributed by atoms with Gasteiger partial charge in [-0.15, -0.1) is 0 Å². The van der Waals surface area contributed by atoms with E-state index in [2.05, 4.69) is 0 Å². The van der Waals surface area contributed by atoms with Crippen LogP contribution < -0.4 is 5.73 Å². The number of hydrogen-bond acceptors (Lipinski definition) is 3. The molecule has 2 N–H and O–H groups in total. The van der Waals surface area contributed by atoms with Gasteiger partial charge in [-0.2, -0.15) is 4.31 Å². The standard InChI is InChI=1S/C7H16N2O2S/c1-12(10,11)9-6-4-2-3-5-7(9)8/h7H,2-6,8H2,1H3. The second-order valence-electron chi connectivity index (χ2n) is 3.29. The number of hydrogen-bond donors (Lipinski definition) is 1. The molecule has 1 fully saturated rings. The van der Waals surface area contributed by atoms with E-state index in [-0.39, 0.29) is 6.17 Å². The summed E-state index contributed by atoms with van der Waals surface area (Å²) < 4.78 is 23.8. The van der Waals surface area contributed by atoms with Crippen molar-refractivity contribution in [3.8, 4) is 0 Å². The van der Waals surface area contributed by atoms with E-state index in [1.54, 1.807) is 0 Å². The molecular formula is C7H16N2O2S. The molecule has 0 radical (unpaired) electrons. The van der Waals surface area contributed by atoms with E-state index < -0.39 is 10.0 Å². The van der Waals surface area contributed by atoms with Crippen molar-refractivity contribution in [2.24, 2.45) is 5.73 Å². The first kappa shape index (κ1) is 9.95. The van der Waals surface area contributed by atoms with Gasteiger partial charge in [-0.1, -0.05) is 12.8 Å². The molecule has 0 saturated carbocycles. The topological polar surface area (TPSA) is 63.4 Å². The van der Waals surface area contributed by atoms with Gasteiger partial charge in [0.15, 0.2) is 0 Å². The molecule has 0 aliphatic carbocycles. The van der Waals surface area contributed by atoms with Crippen molar-refractivity contribution in [2.45, 2.75) is 31.8 Å². The van der Waals surface area contributed by atoms with Gasteiger partial charge in [-0.3, -0.25) is 0 Å². The van der Waals surface area contributed by atoms with Gasteiger partial charge < -0.3 is 5.73 Å². The second kappa shape index (κ2) is 3.72. The van der Waals surface area contributed by atoms with Crippen LogP contribution in [0.2, 0.25) is 0 Å². The SMILES string of the molecule is CS(=O)(=O)N1CCCCCC1N. The molecule has 4 nitrogen and oxygen atoms in total. The predicted octanol–water partition coefficient (Wildman–Crippen LogP) is 0.107. The van der Waals surface area contributed by atoms with E-state index in [1.165, 1.54) is 10.6 Å². The number of nitrogens with zero attached hydrogens (tertiary/aromatic N) is 1. The molecule has 0 amide bonds. The maximum atomic E-state index is 11.2. The van der Waals surface area contributed by atoms with Crippen molar-refractivity contribution >= 4 is 10.0 Å². The van der Waals surface area contributed by atoms with Crippen molar-refractivity contribution in [2.75, 3.05) is 12.8 Å². The summed E-state index contributed by atoms with van der Waals surface area (Å²) in [6.45, 7) is 0.583. The van der Waals surface area contributed by atoms with Gasteiger partial charge in [0.25, 0.3) is 0 Å². The first-order valence-electron chi connectivity index (χ1n) is 4.24. The van der Waals surface area contributed by atoms with Gasteiger partial charge in [0.2, 0.25) is 10.0 Å². The molecule has 1 rings (SSSR count). The molecule has 1 aliphatic rings.